The topological polar surface area (TPSA) is 75.3 Å². The van der Waals surface area contributed by atoms with Gasteiger partial charge in [0.1, 0.15) is 0 Å². The summed E-state index contributed by atoms with van der Waals surface area (Å²) in [6.07, 6.45) is 0. The molecule has 2 rings (SSSR count). The first kappa shape index (κ1) is 17.2. The minimum absolute atomic E-state index is 0.143. The number of rotatable bonds is 7. The Morgan fingerprint density at radius 2 is 1.57 bits per heavy atom. The highest BCUT2D eigenvalue weighted by Gasteiger charge is 2.15. The zero-order chi connectivity index (χ0) is 16.7. The summed E-state index contributed by atoms with van der Waals surface area (Å²) in [6.45, 7) is 1.58. The zero-order valence-electron chi connectivity index (χ0n) is 12.9. The molecule has 0 heterocycles. The lowest BCUT2D eigenvalue weighted by atomic mass is 10.1. The fourth-order valence-corrected chi connectivity index (χ4v) is 3.22. The number of benzene rings is 2. The van der Waals surface area contributed by atoms with Gasteiger partial charge in [0.2, 0.25) is 15.9 Å². The molecule has 0 aromatic heterocycles. The second-order valence-corrected chi connectivity index (χ2v) is 7.07. The molecule has 0 aliphatic heterocycles. The van der Waals surface area contributed by atoms with E-state index in [-0.39, 0.29) is 24.2 Å². The molecule has 6 heteroatoms. The van der Waals surface area contributed by atoms with Crippen LogP contribution in [-0.2, 0) is 20.6 Å². The van der Waals surface area contributed by atoms with Crippen molar-refractivity contribution in [1.82, 2.24) is 10.0 Å². The van der Waals surface area contributed by atoms with Gasteiger partial charge in [-0.3, -0.25) is 4.79 Å². The van der Waals surface area contributed by atoms with E-state index < -0.39 is 10.0 Å². The van der Waals surface area contributed by atoms with Crippen molar-refractivity contribution in [3.8, 4) is 0 Å². The molecule has 0 bridgehead atoms. The van der Waals surface area contributed by atoms with E-state index in [2.05, 4.69) is 10.0 Å². The van der Waals surface area contributed by atoms with Crippen molar-refractivity contribution >= 4 is 15.9 Å². The van der Waals surface area contributed by atoms with Gasteiger partial charge in [-0.1, -0.05) is 60.7 Å². The van der Waals surface area contributed by atoms with E-state index >= 15 is 0 Å². The summed E-state index contributed by atoms with van der Waals surface area (Å²) >= 11 is 0. The van der Waals surface area contributed by atoms with Crippen molar-refractivity contribution in [2.75, 3.05) is 6.54 Å². The fourth-order valence-electron chi connectivity index (χ4n) is 2.14. The van der Waals surface area contributed by atoms with Crippen LogP contribution < -0.4 is 10.0 Å². The first-order chi connectivity index (χ1) is 11.0. The minimum atomic E-state index is -3.54. The van der Waals surface area contributed by atoms with Crippen molar-refractivity contribution in [2.45, 2.75) is 18.7 Å². The van der Waals surface area contributed by atoms with E-state index in [0.29, 0.717) is 5.56 Å². The third-order valence-electron chi connectivity index (χ3n) is 3.33. The number of amides is 1. The van der Waals surface area contributed by atoms with Crippen LogP contribution in [0.3, 0.4) is 0 Å². The van der Waals surface area contributed by atoms with Crippen molar-refractivity contribution in [3.05, 3.63) is 71.8 Å². The van der Waals surface area contributed by atoms with Crippen LogP contribution in [0.15, 0.2) is 60.7 Å². The maximum Gasteiger partial charge on any atom is 0.235 e. The summed E-state index contributed by atoms with van der Waals surface area (Å²) in [5, 5.41) is 2.77. The van der Waals surface area contributed by atoms with E-state index in [9.17, 15) is 13.2 Å². The molecule has 0 aliphatic rings. The van der Waals surface area contributed by atoms with Crippen molar-refractivity contribution < 1.29 is 13.2 Å². The Balaban J connectivity index is 1.84. The summed E-state index contributed by atoms with van der Waals surface area (Å²) in [7, 11) is -3.54. The van der Waals surface area contributed by atoms with Gasteiger partial charge in [0.25, 0.3) is 0 Å². The molecule has 23 heavy (non-hydrogen) atoms. The Bertz CT molecular complexity index is 731. The van der Waals surface area contributed by atoms with E-state index in [1.165, 1.54) is 0 Å². The van der Waals surface area contributed by atoms with Crippen LogP contribution in [0.5, 0.6) is 0 Å². The van der Waals surface area contributed by atoms with Gasteiger partial charge in [0, 0.05) is 0 Å². The van der Waals surface area contributed by atoms with Crippen LogP contribution in [0.1, 0.15) is 24.1 Å². The largest absolute Gasteiger partial charge is 0.348 e. The molecule has 0 radical (unpaired) electrons. The van der Waals surface area contributed by atoms with E-state index in [0.717, 1.165) is 5.56 Å². The number of carbonyl (C=O) groups is 1. The third-order valence-corrected chi connectivity index (χ3v) is 4.63. The van der Waals surface area contributed by atoms with Gasteiger partial charge in [0.05, 0.1) is 18.3 Å². The fraction of sp³-hybridized carbons (Fsp3) is 0.235. The molecule has 0 unspecified atom stereocenters. The van der Waals surface area contributed by atoms with Crippen LogP contribution in [0, 0.1) is 0 Å². The van der Waals surface area contributed by atoms with Gasteiger partial charge in [-0.25, -0.2) is 13.1 Å². The molecular formula is C17H20N2O3S. The van der Waals surface area contributed by atoms with Crippen LogP contribution in [-0.4, -0.2) is 20.9 Å². The van der Waals surface area contributed by atoms with Crippen LogP contribution in [0.25, 0.3) is 0 Å². The first-order valence-corrected chi connectivity index (χ1v) is 8.97. The molecule has 0 saturated heterocycles. The molecule has 0 spiro atoms. The van der Waals surface area contributed by atoms with E-state index in [4.69, 9.17) is 0 Å². The molecule has 122 valence electrons. The average Bonchev–Trinajstić information content (AvgIpc) is 2.54. The summed E-state index contributed by atoms with van der Waals surface area (Å²) < 4.78 is 26.3. The van der Waals surface area contributed by atoms with E-state index in [1.807, 2.05) is 43.3 Å². The average molecular weight is 332 g/mol. The molecule has 0 fully saturated rings. The van der Waals surface area contributed by atoms with Gasteiger partial charge < -0.3 is 5.32 Å². The monoisotopic (exact) mass is 332 g/mol. The first-order valence-electron chi connectivity index (χ1n) is 7.32. The molecule has 5 nitrogen and oxygen atoms in total. The Labute approximate surface area is 136 Å². The summed E-state index contributed by atoms with van der Waals surface area (Å²) in [6, 6.07) is 18.2. The number of hydrogen-bond donors (Lipinski definition) is 2. The smallest absolute Gasteiger partial charge is 0.235 e. The number of carbonyl (C=O) groups excluding carboxylic acids is 1. The predicted molar refractivity (Wildman–Crippen MR) is 90.1 cm³/mol. The van der Waals surface area contributed by atoms with Gasteiger partial charge in [-0.15, -0.1) is 0 Å². The Morgan fingerprint density at radius 3 is 2.17 bits per heavy atom. The highest BCUT2D eigenvalue weighted by molar-refractivity contribution is 7.88. The second-order valence-electron chi connectivity index (χ2n) is 5.27. The van der Waals surface area contributed by atoms with Gasteiger partial charge >= 0.3 is 0 Å². The zero-order valence-corrected chi connectivity index (χ0v) is 13.7. The maximum atomic E-state index is 12.0. The van der Waals surface area contributed by atoms with Crippen LogP contribution >= 0.6 is 0 Å². The second kappa shape index (κ2) is 7.89. The lowest BCUT2D eigenvalue weighted by Gasteiger charge is -2.14. The Hall–Kier alpha value is -2.18. The number of hydrogen-bond acceptors (Lipinski definition) is 3. The summed E-state index contributed by atoms with van der Waals surface area (Å²) in [5.74, 6) is -0.506. The standard InChI is InChI=1S/C17H20N2O3S/c1-14(16-10-6-3-7-11-16)19-17(20)12-18-23(21,22)13-15-8-4-2-5-9-15/h2-11,14,18H,12-13H2,1H3,(H,19,20)/t14-/m0/s1. The Kier molecular flexibility index (Phi) is 5.90. The molecular weight excluding hydrogens is 312 g/mol. The van der Waals surface area contributed by atoms with Crippen molar-refractivity contribution in [3.63, 3.8) is 0 Å². The van der Waals surface area contributed by atoms with Crippen LogP contribution in [0.4, 0.5) is 0 Å². The van der Waals surface area contributed by atoms with Gasteiger partial charge in [0.15, 0.2) is 0 Å². The highest BCUT2D eigenvalue weighted by atomic mass is 32.2. The highest BCUT2D eigenvalue weighted by Crippen LogP contribution is 2.10. The molecule has 0 saturated carbocycles. The molecule has 1 atom stereocenters. The Morgan fingerprint density at radius 1 is 1.00 bits per heavy atom. The molecule has 2 aromatic rings. The molecule has 0 aliphatic carbocycles. The van der Waals surface area contributed by atoms with Gasteiger partial charge in [-0.05, 0) is 18.1 Å². The third kappa shape index (κ3) is 5.84. The van der Waals surface area contributed by atoms with E-state index in [1.54, 1.807) is 24.3 Å². The maximum absolute atomic E-state index is 12.0. The molecule has 2 N–H and O–H groups in total. The lowest BCUT2D eigenvalue weighted by Crippen LogP contribution is -2.38. The quantitative estimate of drug-likeness (QED) is 0.814. The number of nitrogens with one attached hydrogen (secondary N) is 2. The van der Waals surface area contributed by atoms with Gasteiger partial charge in [-0.2, -0.15) is 0 Å². The molecule has 2 aromatic carbocycles. The normalized spacial score (nSPS) is 12.6. The minimum Gasteiger partial charge on any atom is -0.348 e. The van der Waals surface area contributed by atoms with Crippen molar-refractivity contribution in [1.29, 1.82) is 0 Å². The molecule has 1 amide bonds. The number of sulfonamides is 1. The summed E-state index contributed by atoms with van der Waals surface area (Å²) in [4.78, 5) is 11.9. The summed E-state index contributed by atoms with van der Waals surface area (Å²) in [5.41, 5.74) is 1.64. The predicted octanol–water partition coefficient (Wildman–Crippen LogP) is 1.98. The van der Waals surface area contributed by atoms with Crippen molar-refractivity contribution in [2.24, 2.45) is 0 Å². The lowest BCUT2D eigenvalue weighted by molar-refractivity contribution is -0.120. The SMILES string of the molecule is C[C@H](NC(=O)CNS(=O)(=O)Cc1ccccc1)c1ccccc1. The van der Waals surface area contributed by atoms with Crippen LogP contribution in [0.2, 0.25) is 0 Å².